The standard InChI is InChI=1S/C17H17N3O3/c21-17(13-3-4-13)19-11-10-18-9-1-2-15(18)16(19)12-5-7-14(8-6-12)20(22)23/h1-2,5-9,13,16H,3-4,10-11H2. The molecule has 2 aliphatic rings. The van der Waals surface area contributed by atoms with Crippen LogP contribution < -0.4 is 0 Å². The molecule has 6 nitrogen and oxygen atoms in total. The Kier molecular flexibility index (Phi) is 3.18. The Morgan fingerprint density at radius 1 is 1.13 bits per heavy atom. The number of fused-ring (bicyclic) bond motifs is 1. The summed E-state index contributed by atoms with van der Waals surface area (Å²) < 4.78 is 2.16. The van der Waals surface area contributed by atoms with E-state index in [1.807, 2.05) is 23.2 Å². The first kappa shape index (κ1) is 14.0. The first-order valence-corrected chi connectivity index (χ1v) is 7.85. The summed E-state index contributed by atoms with van der Waals surface area (Å²) in [7, 11) is 0. The second-order valence-electron chi connectivity index (χ2n) is 6.18. The molecule has 2 aromatic rings. The molecule has 23 heavy (non-hydrogen) atoms. The summed E-state index contributed by atoms with van der Waals surface area (Å²) >= 11 is 0. The van der Waals surface area contributed by atoms with Crippen LogP contribution in [0, 0.1) is 16.0 Å². The van der Waals surface area contributed by atoms with Gasteiger partial charge in [-0.05, 0) is 42.7 Å². The number of hydrogen-bond acceptors (Lipinski definition) is 3. The SMILES string of the molecule is O=C(C1CC1)N1CCn2cccc2C1c1ccc([N+](=O)[O-])cc1. The maximum Gasteiger partial charge on any atom is 0.269 e. The average molecular weight is 311 g/mol. The van der Waals surface area contributed by atoms with Gasteiger partial charge >= 0.3 is 0 Å². The molecule has 0 radical (unpaired) electrons. The lowest BCUT2D eigenvalue weighted by Gasteiger charge is -2.37. The average Bonchev–Trinajstić information content (AvgIpc) is 3.30. The van der Waals surface area contributed by atoms with Crippen molar-refractivity contribution in [2.24, 2.45) is 5.92 Å². The van der Waals surface area contributed by atoms with Gasteiger partial charge in [-0.2, -0.15) is 0 Å². The third kappa shape index (κ3) is 2.40. The Bertz CT molecular complexity index is 762. The number of carbonyl (C=O) groups is 1. The van der Waals surface area contributed by atoms with E-state index in [2.05, 4.69) is 4.57 Å². The molecule has 0 spiro atoms. The molecule has 0 saturated heterocycles. The van der Waals surface area contributed by atoms with Gasteiger partial charge in [-0.1, -0.05) is 0 Å². The van der Waals surface area contributed by atoms with E-state index < -0.39 is 4.92 Å². The fraction of sp³-hybridized carbons (Fsp3) is 0.353. The van der Waals surface area contributed by atoms with Crippen molar-refractivity contribution in [3.05, 3.63) is 64.0 Å². The van der Waals surface area contributed by atoms with Gasteiger partial charge in [0.25, 0.3) is 5.69 Å². The van der Waals surface area contributed by atoms with E-state index in [0.717, 1.165) is 30.6 Å². The number of non-ortho nitro benzene ring substituents is 1. The smallest absolute Gasteiger partial charge is 0.269 e. The zero-order chi connectivity index (χ0) is 16.0. The van der Waals surface area contributed by atoms with E-state index in [9.17, 15) is 14.9 Å². The van der Waals surface area contributed by atoms with Crippen LogP contribution in [0.3, 0.4) is 0 Å². The monoisotopic (exact) mass is 311 g/mol. The summed E-state index contributed by atoms with van der Waals surface area (Å²) in [4.78, 5) is 25.0. The van der Waals surface area contributed by atoms with Gasteiger partial charge in [-0.15, -0.1) is 0 Å². The lowest BCUT2D eigenvalue weighted by molar-refractivity contribution is -0.384. The molecule has 118 valence electrons. The Hall–Kier alpha value is -2.63. The summed E-state index contributed by atoms with van der Waals surface area (Å²) in [6, 6.07) is 10.4. The van der Waals surface area contributed by atoms with Gasteiger partial charge in [-0.25, -0.2) is 0 Å². The quantitative estimate of drug-likeness (QED) is 0.646. The molecule has 1 aromatic heterocycles. The maximum absolute atomic E-state index is 12.7. The highest BCUT2D eigenvalue weighted by molar-refractivity contribution is 5.82. The summed E-state index contributed by atoms with van der Waals surface area (Å²) in [5.41, 5.74) is 2.06. The molecule has 1 amide bonds. The molecular weight excluding hydrogens is 294 g/mol. The van der Waals surface area contributed by atoms with Crippen LogP contribution in [0.1, 0.15) is 30.1 Å². The second-order valence-corrected chi connectivity index (χ2v) is 6.18. The molecule has 1 aliphatic heterocycles. The van der Waals surface area contributed by atoms with Crippen molar-refractivity contribution < 1.29 is 9.72 Å². The summed E-state index contributed by atoms with van der Waals surface area (Å²) in [6.07, 6.45) is 3.97. The molecule has 1 unspecified atom stereocenters. The Labute approximate surface area is 133 Å². The third-order valence-corrected chi connectivity index (χ3v) is 4.67. The molecule has 1 aliphatic carbocycles. The van der Waals surface area contributed by atoms with Crippen molar-refractivity contribution in [2.45, 2.75) is 25.4 Å². The minimum absolute atomic E-state index is 0.0695. The number of amides is 1. The molecular formula is C17H17N3O3. The number of nitro benzene ring substituents is 1. The van der Waals surface area contributed by atoms with Crippen molar-refractivity contribution in [3.8, 4) is 0 Å². The summed E-state index contributed by atoms with van der Waals surface area (Å²) in [5.74, 6) is 0.373. The normalized spacial score (nSPS) is 20.2. The number of benzene rings is 1. The zero-order valence-corrected chi connectivity index (χ0v) is 12.6. The van der Waals surface area contributed by atoms with Crippen molar-refractivity contribution in [1.82, 2.24) is 9.47 Å². The van der Waals surface area contributed by atoms with Gasteiger partial charge in [-0.3, -0.25) is 14.9 Å². The highest BCUT2D eigenvalue weighted by Crippen LogP contribution is 2.38. The van der Waals surface area contributed by atoms with E-state index in [4.69, 9.17) is 0 Å². The Morgan fingerprint density at radius 3 is 2.52 bits per heavy atom. The minimum Gasteiger partial charge on any atom is -0.348 e. The number of hydrogen-bond donors (Lipinski definition) is 0. The predicted octanol–water partition coefficient (Wildman–Crippen LogP) is 2.74. The van der Waals surface area contributed by atoms with Crippen LogP contribution in [0.4, 0.5) is 5.69 Å². The van der Waals surface area contributed by atoms with Crippen molar-refractivity contribution >= 4 is 11.6 Å². The Morgan fingerprint density at radius 2 is 1.87 bits per heavy atom. The van der Waals surface area contributed by atoms with Gasteiger partial charge in [0.1, 0.15) is 0 Å². The first-order valence-electron chi connectivity index (χ1n) is 7.85. The van der Waals surface area contributed by atoms with Crippen LogP contribution in [-0.2, 0) is 11.3 Å². The van der Waals surface area contributed by atoms with E-state index >= 15 is 0 Å². The molecule has 1 aromatic carbocycles. The molecule has 0 bridgehead atoms. The van der Waals surface area contributed by atoms with Gasteiger partial charge in [0.2, 0.25) is 5.91 Å². The minimum atomic E-state index is -0.402. The predicted molar refractivity (Wildman–Crippen MR) is 83.8 cm³/mol. The van der Waals surface area contributed by atoms with Crippen molar-refractivity contribution in [2.75, 3.05) is 6.54 Å². The topological polar surface area (TPSA) is 68.4 Å². The van der Waals surface area contributed by atoms with Crippen LogP contribution in [0.25, 0.3) is 0 Å². The van der Waals surface area contributed by atoms with Crippen LogP contribution >= 0.6 is 0 Å². The van der Waals surface area contributed by atoms with Gasteiger partial charge in [0.05, 0.1) is 11.0 Å². The molecule has 1 fully saturated rings. The largest absolute Gasteiger partial charge is 0.348 e. The van der Waals surface area contributed by atoms with Gasteiger partial charge in [0, 0.05) is 43.0 Å². The van der Waals surface area contributed by atoms with E-state index in [0.29, 0.717) is 6.54 Å². The fourth-order valence-corrected chi connectivity index (χ4v) is 3.31. The van der Waals surface area contributed by atoms with Gasteiger partial charge in [0.15, 0.2) is 0 Å². The number of rotatable bonds is 3. The molecule has 2 heterocycles. The van der Waals surface area contributed by atoms with Crippen LogP contribution in [0.15, 0.2) is 42.6 Å². The Balaban J connectivity index is 1.74. The number of carbonyl (C=O) groups excluding carboxylic acids is 1. The van der Waals surface area contributed by atoms with E-state index in [1.54, 1.807) is 12.1 Å². The lowest BCUT2D eigenvalue weighted by atomic mass is 9.99. The molecule has 1 saturated carbocycles. The van der Waals surface area contributed by atoms with Crippen LogP contribution in [0.5, 0.6) is 0 Å². The van der Waals surface area contributed by atoms with E-state index in [-0.39, 0.29) is 23.6 Å². The van der Waals surface area contributed by atoms with Crippen molar-refractivity contribution in [3.63, 3.8) is 0 Å². The highest BCUT2D eigenvalue weighted by atomic mass is 16.6. The zero-order valence-electron chi connectivity index (χ0n) is 12.6. The van der Waals surface area contributed by atoms with Crippen LogP contribution in [-0.4, -0.2) is 26.8 Å². The van der Waals surface area contributed by atoms with E-state index in [1.165, 1.54) is 12.1 Å². The van der Waals surface area contributed by atoms with Crippen LogP contribution in [0.2, 0.25) is 0 Å². The molecule has 0 N–H and O–H groups in total. The fourth-order valence-electron chi connectivity index (χ4n) is 3.31. The second kappa shape index (κ2) is 5.22. The lowest BCUT2D eigenvalue weighted by Crippen LogP contribution is -2.43. The molecule has 6 heteroatoms. The van der Waals surface area contributed by atoms with Crippen molar-refractivity contribution in [1.29, 1.82) is 0 Å². The maximum atomic E-state index is 12.7. The summed E-state index contributed by atoms with van der Waals surface area (Å²) in [6.45, 7) is 1.48. The highest BCUT2D eigenvalue weighted by Gasteiger charge is 2.39. The summed E-state index contributed by atoms with van der Waals surface area (Å²) in [5, 5.41) is 10.9. The number of nitro groups is 1. The van der Waals surface area contributed by atoms with Gasteiger partial charge < -0.3 is 9.47 Å². The molecule has 1 atom stereocenters. The number of nitrogens with zero attached hydrogens (tertiary/aromatic N) is 3. The third-order valence-electron chi connectivity index (χ3n) is 4.67. The molecule has 4 rings (SSSR count). The number of aromatic nitrogens is 1. The first-order chi connectivity index (χ1) is 11.1.